The van der Waals surface area contributed by atoms with Crippen molar-refractivity contribution in [1.82, 2.24) is 4.90 Å². The minimum atomic E-state index is 0.706. The van der Waals surface area contributed by atoms with Crippen LogP contribution in [0, 0.1) is 0 Å². The van der Waals surface area contributed by atoms with E-state index in [1.54, 1.807) is 0 Å². The molecule has 0 atom stereocenters. The highest BCUT2D eigenvalue weighted by atomic mass is 16.5. The van der Waals surface area contributed by atoms with Gasteiger partial charge in [-0.1, -0.05) is 24.3 Å². The molecular formula is C16H18N2O. The fraction of sp³-hybridized carbons (Fsp3) is 0.250. The molecule has 2 aromatic rings. The van der Waals surface area contributed by atoms with E-state index in [2.05, 4.69) is 29.2 Å². The summed E-state index contributed by atoms with van der Waals surface area (Å²) in [5, 5.41) is 0. The minimum absolute atomic E-state index is 0.706. The average Bonchev–Trinajstić information content (AvgIpc) is 2.83. The normalized spacial score (nSPS) is 14.3. The van der Waals surface area contributed by atoms with E-state index < -0.39 is 0 Å². The summed E-state index contributed by atoms with van der Waals surface area (Å²) in [6, 6.07) is 16.2. The Hall–Kier alpha value is -2.00. The van der Waals surface area contributed by atoms with Crippen LogP contribution in [0.25, 0.3) is 0 Å². The summed E-state index contributed by atoms with van der Waals surface area (Å²) in [5.41, 5.74) is 9.29. The SMILES string of the molecule is Nc1ccc(OCCN2Cc3ccccc3C2)cc1. The highest BCUT2D eigenvalue weighted by Crippen LogP contribution is 2.21. The summed E-state index contributed by atoms with van der Waals surface area (Å²) in [7, 11) is 0. The highest BCUT2D eigenvalue weighted by Gasteiger charge is 2.17. The number of nitrogen functional groups attached to an aromatic ring is 1. The Morgan fingerprint density at radius 2 is 1.58 bits per heavy atom. The molecule has 0 saturated heterocycles. The largest absolute Gasteiger partial charge is 0.492 e. The predicted octanol–water partition coefficient (Wildman–Crippen LogP) is 2.66. The van der Waals surface area contributed by atoms with Gasteiger partial charge >= 0.3 is 0 Å². The van der Waals surface area contributed by atoms with Crippen molar-refractivity contribution in [2.45, 2.75) is 13.1 Å². The van der Waals surface area contributed by atoms with Gasteiger partial charge in [0.2, 0.25) is 0 Å². The Kier molecular flexibility index (Phi) is 3.38. The van der Waals surface area contributed by atoms with Crippen molar-refractivity contribution in [2.24, 2.45) is 0 Å². The first-order chi connectivity index (χ1) is 9.31. The van der Waals surface area contributed by atoms with Crippen molar-refractivity contribution in [1.29, 1.82) is 0 Å². The van der Waals surface area contributed by atoms with Crippen LogP contribution in [0.2, 0.25) is 0 Å². The molecule has 0 aromatic heterocycles. The molecular weight excluding hydrogens is 236 g/mol. The van der Waals surface area contributed by atoms with Crippen LogP contribution in [0.15, 0.2) is 48.5 Å². The average molecular weight is 254 g/mol. The van der Waals surface area contributed by atoms with Crippen molar-refractivity contribution < 1.29 is 4.74 Å². The number of nitrogens with zero attached hydrogens (tertiary/aromatic N) is 1. The highest BCUT2D eigenvalue weighted by molar-refractivity contribution is 5.41. The number of ether oxygens (including phenoxy) is 1. The predicted molar refractivity (Wildman–Crippen MR) is 76.9 cm³/mol. The molecule has 3 rings (SSSR count). The first kappa shape index (κ1) is 12.1. The molecule has 1 aliphatic rings. The Morgan fingerprint density at radius 1 is 0.947 bits per heavy atom. The summed E-state index contributed by atoms with van der Waals surface area (Å²) in [4.78, 5) is 2.40. The van der Waals surface area contributed by atoms with Crippen molar-refractivity contribution >= 4 is 5.69 Å². The van der Waals surface area contributed by atoms with Gasteiger partial charge in [-0.25, -0.2) is 0 Å². The van der Waals surface area contributed by atoms with Gasteiger partial charge in [0, 0.05) is 25.3 Å². The first-order valence-electron chi connectivity index (χ1n) is 6.59. The summed E-state index contributed by atoms with van der Waals surface area (Å²) >= 11 is 0. The van der Waals surface area contributed by atoms with Gasteiger partial charge in [0.05, 0.1) is 0 Å². The van der Waals surface area contributed by atoms with Gasteiger partial charge < -0.3 is 10.5 Å². The van der Waals surface area contributed by atoms with Crippen molar-refractivity contribution in [3.05, 3.63) is 59.7 Å². The van der Waals surface area contributed by atoms with Gasteiger partial charge in [0.25, 0.3) is 0 Å². The number of benzene rings is 2. The topological polar surface area (TPSA) is 38.5 Å². The first-order valence-corrected chi connectivity index (χ1v) is 6.59. The van der Waals surface area contributed by atoms with Crippen molar-refractivity contribution in [3.63, 3.8) is 0 Å². The molecule has 1 aliphatic heterocycles. The zero-order valence-electron chi connectivity index (χ0n) is 10.9. The van der Waals surface area contributed by atoms with E-state index in [1.165, 1.54) is 11.1 Å². The molecule has 3 nitrogen and oxygen atoms in total. The fourth-order valence-electron chi connectivity index (χ4n) is 2.42. The third-order valence-electron chi connectivity index (χ3n) is 3.46. The van der Waals surface area contributed by atoms with E-state index in [4.69, 9.17) is 10.5 Å². The third kappa shape index (κ3) is 2.88. The molecule has 0 amide bonds. The summed E-state index contributed by atoms with van der Waals surface area (Å²) < 4.78 is 5.72. The maximum atomic E-state index is 5.72. The van der Waals surface area contributed by atoms with Crippen LogP contribution in [0.5, 0.6) is 5.75 Å². The lowest BCUT2D eigenvalue weighted by atomic mass is 10.1. The molecule has 98 valence electrons. The van der Waals surface area contributed by atoms with Crippen LogP contribution in [0.4, 0.5) is 5.69 Å². The van der Waals surface area contributed by atoms with Crippen LogP contribution in [-0.4, -0.2) is 18.1 Å². The van der Waals surface area contributed by atoms with Gasteiger partial charge in [-0.3, -0.25) is 4.90 Å². The van der Waals surface area contributed by atoms with Gasteiger partial charge in [-0.05, 0) is 35.4 Å². The second-order valence-corrected chi connectivity index (χ2v) is 4.90. The van der Waals surface area contributed by atoms with Crippen LogP contribution in [-0.2, 0) is 13.1 Å². The van der Waals surface area contributed by atoms with Gasteiger partial charge in [0.1, 0.15) is 12.4 Å². The number of nitrogens with two attached hydrogens (primary N) is 1. The van der Waals surface area contributed by atoms with E-state index >= 15 is 0 Å². The van der Waals surface area contributed by atoms with E-state index in [-0.39, 0.29) is 0 Å². The monoisotopic (exact) mass is 254 g/mol. The van der Waals surface area contributed by atoms with Crippen LogP contribution >= 0.6 is 0 Å². The maximum absolute atomic E-state index is 5.72. The lowest BCUT2D eigenvalue weighted by Crippen LogP contribution is -2.22. The summed E-state index contributed by atoms with van der Waals surface area (Å²) in [6.07, 6.45) is 0. The maximum Gasteiger partial charge on any atom is 0.119 e. The molecule has 0 spiro atoms. The summed E-state index contributed by atoms with van der Waals surface area (Å²) in [6.45, 7) is 3.71. The number of anilines is 1. The standard InChI is InChI=1S/C16H18N2O/c17-15-5-7-16(8-6-15)19-10-9-18-11-13-3-1-2-4-14(13)12-18/h1-8H,9-12,17H2. The Morgan fingerprint density at radius 3 is 2.21 bits per heavy atom. The number of rotatable bonds is 4. The Bertz CT molecular complexity index is 526. The van der Waals surface area contributed by atoms with E-state index in [0.29, 0.717) is 6.61 Å². The lowest BCUT2D eigenvalue weighted by molar-refractivity contribution is 0.211. The van der Waals surface area contributed by atoms with Gasteiger partial charge in [0.15, 0.2) is 0 Å². The molecule has 3 heteroatoms. The summed E-state index contributed by atoms with van der Waals surface area (Å²) in [5.74, 6) is 0.880. The molecule has 0 saturated carbocycles. The van der Waals surface area contributed by atoms with E-state index in [1.807, 2.05) is 24.3 Å². The molecule has 2 N–H and O–H groups in total. The Labute approximate surface area is 113 Å². The van der Waals surface area contributed by atoms with Crippen molar-refractivity contribution in [3.8, 4) is 5.75 Å². The fourth-order valence-corrected chi connectivity index (χ4v) is 2.42. The quantitative estimate of drug-likeness (QED) is 0.852. The molecule has 0 radical (unpaired) electrons. The number of fused-ring (bicyclic) bond motifs is 1. The minimum Gasteiger partial charge on any atom is -0.492 e. The molecule has 0 aliphatic carbocycles. The molecule has 2 aromatic carbocycles. The second-order valence-electron chi connectivity index (χ2n) is 4.90. The van der Waals surface area contributed by atoms with E-state index in [0.717, 1.165) is 31.1 Å². The van der Waals surface area contributed by atoms with Crippen molar-refractivity contribution in [2.75, 3.05) is 18.9 Å². The van der Waals surface area contributed by atoms with Gasteiger partial charge in [-0.15, -0.1) is 0 Å². The zero-order valence-corrected chi connectivity index (χ0v) is 10.9. The van der Waals surface area contributed by atoms with Crippen LogP contribution in [0.3, 0.4) is 0 Å². The van der Waals surface area contributed by atoms with Gasteiger partial charge in [-0.2, -0.15) is 0 Å². The molecule has 0 unspecified atom stereocenters. The number of hydrogen-bond donors (Lipinski definition) is 1. The second kappa shape index (κ2) is 5.33. The van der Waals surface area contributed by atoms with Crippen LogP contribution in [0.1, 0.15) is 11.1 Å². The lowest BCUT2D eigenvalue weighted by Gasteiger charge is -2.15. The molecule has 0 fully saturated rings. The molecule has 19 heavy (non-hydrogen) atoms. The molecule has 0 bridgehead atoms. The number of hydrogen-bond acceptors (Lipinski definition) is 3. The third-order valence-corrected chi connectivity index (χ3v) is 3.46. The van der Waals surface area contributed by atoms with E-state index in [9.17, 15) is 0 Å². The van der Waals surface area contributed by atoms with Crippen LogP contribution < -0.4 is 10.5 Å². The zero-order chi connectivity index (χ0) is 13.1. The smallest absolute Gasteiger partial charge is 0.119 e. The Balaban J connectivity index is 1.48. The molecule has 1 heterocycles.